The van der Waals surface area contributed by atoms with Crippen LogP contribution in [-0.4, -0.2) is 32.7 Å². The summed E-state index contributed by atoms with van der Waals surface area (Å²) >= 11 is 0. The van der Waals surface area contributed by atoms with E-state index in [0.29, 0.717) is 11.3 Å². The molecule has 0 radical (unpaired) electrons. The molecule has 0 aliphatic heterocycles. The topological polar surface area (TPSA) is 86.1 Å². The Hall–Kier alpha value is -3.22. The number of rotatable bonds is 4. The van der Waals surface area contributed by atoms with Crippen LogP contribution in [0, 0.1) is 13.8 Å². The minimum absolute atomic E-state index is 0.382. The highest BCUT2D eigenvalue weighted by Crippen LogP contribution is 2.30. The first-order valence-corrected chi connectivity index (χ1v) is 9.79. The fraction of sp³-hybridized carbons (Fsp3) is 0.364. The molecule has 1 aliphatic rings. The summed E-state index contributed by atoms with van der Waals surface area (Å²) in [4.78, 5) is 30.4. The van der Waals surface area contributed by atoms with Crippen molar-refractivity contribution in [1.29, 1.82) is 0 Å². The molecule has 1 aromatic carbocycles. The lowest BCUT2D eigenvalue weighted by atomic mass is 10.0. The normalized spacial score (nSPS) is 13.9. The van der Waals surface area contributed by atoms with Gasteiger partial charge in [-0.25, -0.2) is 4.79 Å². The van der Waals surface area contributed by atoms with E-state index in [2.05, 4.69) is 10.4 Å². The average Bonchev–Trinajstić information content (AvgIpc) is 3.25. The van der Waals surface area contributed by atoms with Gasteiger partial charge in [0, 0.05) is 18.1 Å². The van der Waals surface area contributed by atoms with Gasteiger partial charge in [-0.1, -0.05) is 18.2 Å². The number of nitrogens with zero attached hydrogens (tertiary/aromatic N) is 3. The molecular formula is C22H24N4O3. The Balaban J connectivity index is 1.59. The molecular weight excluding hydrogens is 368 g/mol. The third-order valence-corrected chi connectivity index (χ3v) is 5.53. The van der Waals surface area contributed by atoms with Crippen LogP contribution in [0.3, 0.4) is 0 Å². The van der Waals surface area contributed by atoms with E-state index in [4.69, 9.17) is 9.72 Å². The van der Waals surface area contributed by atoms with Crippen molar-refractivity contribution in [3.8, 4) is 0 Å². The Kier molecular flexibility index (Phi) is 4.82. The quantitative estimate of drug-likeness (QED) is 0.689. The van der Waals surface area contributed by atoms with Crippen molar-refractivity contribution >= 4 is 28.5 Å². The van der Waals surface area contributed by atoms with E-state index in [1.807, 2.05) is 45.2 Å². The van der Waals surface area contributed by atoms with Crippen LogP contribution in [0.4, 0.5) is 5.69 Å². The van der Waals surface area contributed by atoms with Gasteiger partial charge in [0.1, 0.15) is 0 Å². The Morgan fingerprint density at radius 3 is 2.69 bits per heavy atom. The first-order chi connectivity index (χ1) is 13.9. The fourth-order valence-electron chi connectivity index (χ4n) is 3.90. The van der Waals surface area contributed by atoms with Crippen molar-refractivity contribution in [3.63, 3.8) is 0 Å². The minimum Gasteiger partial charge on any atom is -0.449 e. The van der Waals surface area contributed by atoms with Crippen LogP contribution in [0.15, 0.2) is 24.3 Å². The molecule has 2 heterocycles. The SMILES string of the molecule is Cc1nn(C)c(C)c1NC(=O)[C@H](C)OC(=O)c1c2c(nc3ccccc13)CCC2. The monoisotopic (exact) mass is 392 g/mol. The van der Waals surface area contributed by atoms with Gasteiger partial charge in [-0.15, -0.1) is 0 Å². The van der Waals surface area contributed by atoms with Crippen LogP contribution >= 0.6 is 0 Å². The molecule has 0 saturated heterocycles. The molecule has 0 saturated carbocycles. The summed E-state index contributed by atoms with van der Waals surface area (Å²) in [6.07, 6.45) is 1.68. The van der Waals surface area contributed by atoms with Gasteiger partial charge in [0.15, 0.2) is 6.10 Å². The molecule has 3 aromatic rings. The zero-order chi connectivity index (χ0) is 20.7. The number of pyridine rings is 1. The molecule has 7 heteroatoms. The Bertz CT molecular complexity index is 1130. The summed E-state index contributed by atoms with van der Waals surface area (Å²) in [5.74, 6) is -0.864. The average molecular weight is 392 g/mol. The number of fused-ring (bicyclic) bond motifs is 2. The maximum Gasteiger partial charge on any atom is 0.339 e. The number of esters is 1. The highest BCUT2D eigenvalue weighted by Gasteiger charge is 2.27. The molecule has 0 unspecified atom stereocenters. The van der Waals surface area contributed by atoms with Crippen molar-refractivity contribution < 1.29 is 14.3 Å². The molecule has 29 heavy (non-hydrogen) atoms. The highest BCUT2D eigenvalue weighted by atomic mass is 16.5. The molecule has 1 N–H and O–H groups in total. The third kappa shape index (κ3) is 3.37. The van der Waals surface area contributed by atoms with Gasteiger partial charge in [-0.2, -0.15) is 5.10 Å². The number of carbonyl (C=O) groups is 2. The second kappa shape index (κ2) is 7.31. The van der Waals surface area contributed by atoms with Gasteiger partial charge in [0.05, 0.1) is 28.2 Å². The number of hydrogen-bond acceptors (Lipinski definition) is 5. The number of aryl methyl sites for hydroxylation is 3. The standard InChI is InChI=1S/C22H24N4O3/c1-12-20(13(2)26(4)25-12)24-21(27)14(3)29-22(28)19-15-8-5-6-10-17(15)23-18-11-7-9-16(18)19/h5-6,8,10,14H,7,9,11H2,1-4H3,(H,24,27)/t14-/m0/s1. The van der Waals surface area contributed by atoms with Crippen molar-refractivity contribution in [1.82, 2.24) is 14.8 Å². The number of hydrogen-bond donors (Lipinski definition) is 1. The van der Waals surface area contributed by atoms with E-state index in [1.54, 1.807) is 11.6 Å². The molecule has 0 spiro atoms. The van der Waals surface area contributed by atoms with E-state index < -0.39 is 12.1 Å². The van der Waals surface area contributed by atoms with Gasteiger partial charge in [0.25, 0.3) is 5.91 Å². The smallest absolute Gasteiger partial charge is 0.339 e. The second-order valence-electron chi connectivity index (χ2n) is 7.49. The minimum atomic E-state index is -0.939. The predicted octanol–water partition coefficient (Wildman–Crippen LogP) is 3.26. The summed E-state index contributed by atoms with van der Waals surface area (Å²) in [5, 5.41) is 7.89. The summed E-state index contributed by atoms with van der Waals surface area (Å²) in [7, 11) is 1.82. The predicted molar refractivity (Wildman–Crippen MR) is 110 cm³/mol. The molecule has 4 rings (SSSR count). The number of ether oxygens (including phenoxy) is 1. The lowest BCUT2D eigenvalue weighted by Crippen LogP contribution is -2.30. The zero-order valence-electron chi connectivity index (χ0n) is 17.1. The van der Waals surface area contributed by atoms with E-state index >= 15 is 0 Å². The van der Waals surface area contributed by atoms with Crippen LogP contribution < -0.4 is 5.32 Å². The van der Waals surface area contributed by atoms with Crippen LogP contribution in [0.2, 0.25) is 0 Å². The summed E-state index contributed by atoms with van der Waals surface area (Å²) in [6, 6.07) is 7.56. The number of carbonyl (C=O) groups excluding carboxylic acids is 2. The van der Waals surface area contributed by atoms with Gasteiger partial charge < -0.3 is 10.1 Å². The Morgan fingerprint density at radius 1 is 1.21 bits per heavy atom. The van der Waals surface area contributed by atoms with Gasteiger partial charge in [-0.3, -0.25) is 14.5 Å². The molecule has 150 valence electrons. The summed E-state index contributed by atoms with van der Waals surface area (Å²) in [6.45, 7) is 5.28. The van der Waals surface area contributed by atoms with Gasteiger partial charge in [0.2, 0.25) is 0 Å². The number of amides is 1. The molecule has 0 bridgehead atoms. The van der Waals surface area contributed by atoms with Crippen LogP contribution in [-0.2, 0) is 29.4 Å². The molecule has 7 nitrogen and oxygen atoms in total. The van der Waals surface area contributed by atoms with E-state index in [9.17, 15) is 9.59 Å². The van der Waals surface area contributed by atoms with E-state index in [1.165, 1.54) is 0 Å². The van der Waals surface area contributed by atoms with Crippen molar-refractivity contribution in [2.24, 2.45) is 7.05 Å². The summed E-state index contributed by atoms with van der Waals surface area (Å²) in [5.41, 5.74) is 5.42. The van der Waals surface area contributed by atoms with Gasteiger partial charge >= 0.3 is 5.97 Å². The zero-order valence-corrected chi connectivity index (χ0v) is 17.1. The second-order valence-corrected chi connectivity index (χ2v) is 7.49. The highest BCUT2D eigenvalue weighted by molar-refractivity contribution is 6.06. The Morgan fingerprint density at radius 2 is 1.97 bits per heavy atom. The summed E-state index contributed by atoms with van der Waals surface area (Å²) < 4.78 is 7.29. The van der Waals surface area contributed by atoms with Crippen molar-refractivity contribution in [2.45, 2.75) is 46.1 Å². The number of nitrogens with one attached hydrogen (secondary N) is 1. The van der Waals surface area contributed by atoms with Crippen molar-refractivity contribution in [2.75, 3.05) is 5.32 Å². The first-order valence-electron chi connectivity index (χ1n) is 9.79. The van der Waals surface area contributed by atoms with Crippen LogP contribution in [0.25, 0.3) is 10.9 Å². The maximum absolute atomic E-state index is 13.1. The molecule has 1 aliphatic carbocycles. The lowest BCUT2D eigenvalue weighted by molar-refractivity contribution is -0.123. The molecule has 1 atom stereocenters. The van der Waals surface area contributed by atoms with Gasteiger partial charge in [-0.05, 0) is 51.7 Å². The fourth-order valence-corrected chi connectivity index (χ4v) is 3.90. The number of anilines is 1. The lowest BCUT2D eigenvalue weighted by Gasteiger charge is -2.16. The number of aromatic nitrogens is 3. The van der Waals surface area contributed by atoms with Crippen molar-refractivity contribution in [3.05, 3.63) is 52.5 Å². The molecule has 1 amide bonds. The number of benzene rings is 1. The molecule has 0 fully saturated rings. The van der Waals surface area contributed by atoms with E-state index in [0.717, 1.165) is 52.8 Å². The largest absolute Gasteiger partial charge is 0.449 e. The first kappa shape index (κ1) is 19.1. The maximum atomic E-state index is 13.1. The van der Waals surface area contributed by atoms with Crippen LogP contribution in [0.5, 0.6) is 0 Å². The van der Waals surface area contributed by atoms with Crippen LogP contribution in [0.1, 0.15) is 46.3 Å². The van der Waals surface area contributed by atoms with E-state index in [-0.39, 0.29) is 5.91 Å². The third-order valence-electron chi connectivity index (χ3n) is 5.53. The Labute approximate surface area is 169 Å². The molecule has 2 aromatic heterocycles. The number of para-hydroxylation sites is 1.